The first-order chi connectivity index (χ1) is 22.1. The Morgan fingerprint density at radius 3 is 1.89 bits per heavy atom. The standard InChI is InChI=1S/C42H29N3/c1-42(2)36-19-11-10-18-32(36)35-25-29(21-23-37(35)42)40-43-39(27-13-4-3-5-14-27)44-41(45-40)38-31-17-9-7-15-28(31)24-34-30-16-8-6-12-26(30)20-22-33(34)38/h3-25H,1-2H3. The van der Waals surface area contributed by atoms with E-state index < -0.39 is 0 Å². The van der Waals surface area contributed by atoms with Crippen LogP contribution < -0.4 is 0 Å². The van der Waals surface area contributed by atoms with Crippen LogP contribution in [0.5, 0.6) is 0 Å². The largest absolute Gasteiger partial charge is 0.208 e. The predicted octanol–water partition coefficient (Wildman–Crippen LogP) is 10.6. The van der Waals surface area contributed by atoms with Crippen LogP contribution in [0.4, 0.5) is 0 Å². The molecular formula is C42H29N3. The van der Waals surface area contributed by atoms with Gasteiger partial charge in [-0.1, -0.05) is 141 Å². The summed E-state index contributed by atoms with van der Waals surface area (Å²) >= 11 is 0. The van der Waals surface area contributed by atoms with E-state index in [-0.39, 0.29) is 5.41 Å². The van der Waals surface area contributed by atoms with Crippen molar-refractivity contribution in [2.75, 3.05) is 0 Å². The molecule has 0 bridgehead atoms. The van der Waals surface area contributed by atoms with Gasteiger partial charge >= 0.3 is 0 Å². The molecule has 1 heterocycles. The van der Waals surface area contributed by atoms with Gasteiger partial charge in [-0.2, -0.15) is 0 Å². The fourth-order valence-electron chi connectivity index (χ4n) is 7.25. The lowest BCUT2D eigenvalue weighted by atomic mass is 9.82. The molecule has 0 amide bonds. The lowest BCUT2D eigenvalue weighted by molar-refractivity contribution is 0.660. The first kappa shape index (κ1) is 25.8. The Morgan fingerprint density at radius 1 is 0.400 bits per heavy atom. The van der Waals surface area contributed by atoms with Crippen LogP contribution in [0, 0.1) is 0 Å². The molecule has 3 nitrogen and oxygen atoms in total. The average molecular weight is 576 g/mol. The van der Waals surface area contributed by atoms with Gasteiger partial charge in [-0.05, 0) is 66.7 Å². The SMILES string of the molecule is CC1(C)c2ccccc2-c2cc(-c3nc(-c4ccccc4)nc(-c4c5ccccc5cc5c4ccc4ccccc45)n3)ccc21. The van der Waals surface area contributed by atoms with Gasteiger partial charge in [0.1, 0.15) is 0 Å². The van der Waals surface area contributed by atoms with Crippen LogP contribution in [0.2, 0.25) is 0 Å². The molecule has 3 heteroatoms. The van der Waals surface area contributed by atoms with Gasteiger partial charge in [0.15, 0.2) is 17.5 Å². The Bertz CT molecular complexity index is 2460. The summed E-state index contributed by atoms with van der Waals surface area (Å²) in [4.78, 5) is 15.6. The summed E-state index contributed by atoms with van der Waals surface area (Å²) in [5.41, 5.74) is 8.13. The molecule has 1 aliphatic rings. The van der Waals surface area contributed by atoms with Gasteiger partial charge in [-0.3, -0.25) is 0 Å². The summed E-state index contributed by atoms with van der Waals surface area (Å²) in [7, 11) is 0. The second-order valence-corrected chi connectivity index (χ2v) is 12.5. The van der Waals surface area contributed by atoms with E-state index in [2.05, 4.69) is 135 Å². The molecule has 7 aromatic carbocycles. The van der Waals surface area contributed by atoms with Crippen molar-refractivity contribution in [2.24, 2.45) is 0 Å². The first-order valence-corrected chi connectivity index (χ1v) is 15.5. The van der Waals surface area contributed by atoms with Crippen LogP contribution in [-0.4, -0.2) is 15.0 Å². The summed E-state index contributed by atoms with van der Waals surface area (Å²) in [6, 6.07) is 49.5. The fourth-order valence-corrected chi connectivity index (χ4v) is 7.25. The molecule has 8 aromatic rings. The van der Waals surface area contributed by atoms with E-state index in [0.29, 0.717) is 17.5 Å². The highest BCUT2D eigenvalue weighted by molar-refractivity contribution is 6.19. The van der Waals surface area contributed by atoms with Gasteiger partial charge in [0.05, 0.1) is 0 Å². The first-order valence-electron chi connectivity index (χ1n) is 15.5. The molecule has 0 radical (unpaired) electrons. The topological polar surface area (TPSA) is 38.7 Å². The average Bonchev–Trinajstić information content (AvgIpc) is 3.33. The predicted molar refractivity (Wildman–Crippen MR) is 186 cm³/mol. The van der Waals surface area contributed by atoms with Crippen LogP contribution in [0.25, 0.3) is 77.6 Å². The van der Waals surface area contributed by atoms with Crippen LogP contribution in [0.15, 0.2) is 140 Å². The minimum absolute atomic E-state index is 0.0610. The van der Waals surface area contributed by atoms with Crippen molar-refractivity contribution < 1.29 is 0 Å². The molecule has 45 heavy (non-hydrogen) atoms. The molecule has 0 atom stereocenters. The Kier molecular flexibility index (Phi) is 5.54. The molecule has 0 fully saturated rings. The van der Waals surface area contributed by atoms with Crippen molar-refractivity contribution in [2.45, 2.75) is 19.3 Å². The second kappa shape index (κ2) is 9.67. The number of aromatic nitrogens is 3. The molecule has 212 valence electrons. The molecule has 0 unspecified atom stereocenters. The van der Waals surface area contributed by atoms with Crippen LogP contribution in [0.1, 0.15) is 25.0 Å². The van der Waals surface area contributed by atoms with Crippen LogP contribution in [0.3, 0.4) is 0 Å². The van der Waals surface area contributed by atoms with E-state index in [0.717, 1.165) is 32.8 Å². The molecular weight excluding hydrogens is 546 g/mol. The summed E-state index contributed by atoms with van der Waals surface area (Å²) in [5, 5.41) is 7.06. The van der Waals surface area contributed by atoms with Gasteiger partial charge in [0.2, 0.25) is 0 Å². The third kappa shape index (κ3) is 3.94. The summed E-state index contributed by atoms with van der Waals surface area (Å²) in [6.07, 6.45) is 0. The highest BCUT2D eigenvalue weighted by Gasteiger charge is 2.35. The van der Waals surface area contributed by atoms with Crippen molar-refractivity contribution in [1.82, 2.24) is 15.0 Å². The number of hydrogen-bond acceptors (Lipinski definition) is 3. The van der Waals surface area contributed by atoms with Crippen LogP contribution in [-0.2, 0) is 5.41 Å². The zero-order valence-electron chi connectivity index (χ0n) is 25.1. The van der Waals surface area contributed by atoms with Crippen LogP contribution >= 0.6 is 0 Å². The Morgan fingerprint density at radius 2 is 1.04 bits per heavy atom. The number of rotatable bonds is 3. The minimum Gasteiger partial charge on any atom is -0.208 e. The number of fused-ring (bicyclic) bond motifs is 7. The molecule has 1 aromatic heterocycles. The smallest absolute Gasteiger partial charge is 0.165 e. The van der Waals surface area contributed by atoms with Crippen molar-refractivity contribution in [3.8, 4) is 45.3 Å². The van der Waals surface area contributed by atoms with Gasteiger partial charge in [-0.15, -0.1) is 0 Å². The van der Waals surface area contributed by atoms with E-state index >= 15 is 0 Å². The second-order valence-electron chi connectivity index (χ2n) is 12.5. The van der Waals surface area contributed by atoms with Gasteiger partial charge in [-0.25, -0.2) is 15.0 Å². The van der Waals surface area contributed by atoms with Crippen molar-refractivity contribution in [1.29, 1.82) is 0 Å². The fraction of sp³-hybridized carbons (Fsp3) is 0.0714. The molecule has 0 aliphatic heterocycles. The molecule has 9 rings (SSSR count). The molecule has 1 aliphatic carbocycles. The lowest BCUT2D eigenvalue weighted by Crippen LogP contribution is -2.14. The van der Waals surface area contributed by atoms with Crippen molar-refractivity contribution in [3.63, 3.8) is 0 Å². The molecule has 0 saturated heterocycles. The van der Waals surface area contributed by atoms with E-state index in [9.17, 15) is 0 Å². The van der Waals surface area contributed by atoms with E-state index in [1.54, 1.807) is 0 Å². The van der Waals surface area contributed by atoms with E-state index in [1.165, 1.54) is 38.4 Å². The minimum atomic E-state index is -0.0610. The van der Waals surface area contributed by atoms with Gasteiger partial charge < -0.3 is 0 Å². The third-order valence-corrected chi connectivity index (χ3v) is 9.50. The molecule has 0 N–H and O–H groups in total. The Labute approximate surface area is 261 Å². The van der Waals surface area contributed by atoms with Gasteiger partial charge in [0.25, 0.3) is 0 Å². The quantitative estimate of drug-likeness (QED) is 0.155. The maximum Gasteiger partial charge on any atom is 0.165 e. The third-order valence-electron chi connectivity index (χ3n) is 9.50. The number of nitrogens with zero attached hydrogens (tertiary/aromatic N) is 3. The number of benzene rings is 7. The van der Waals surface area contributed by atoms with Crippen molar-refractivity contribution in [3.05, 3.63) is 151 Å². The zero-order valence-corrected chi connectivity index (χ0v) is 25.1. The van der Waals surface area contributed by atoms with Gasteiger partial charge in [0, 0.05) is 22.1 Å². The van der Waals surface area contributed by atoms with E-state index in [1.807, 2.05) is 18.2 Å². The summed E-state index contributed by atoms with van der Waals surface area (Å²) in [6.45, 7) is 4.61. The Hall–Kier alpha value is -5.67. The molecule has 0 saturated carbocycles. The number of hydrogen-bond donors (Lipinski definition) is 0. The van der Waals surface area contributed by atoms with E-state index in [4.69, 9.17) is 15.0 Å². The highest BCUT2D eigenvalue weighted by Crippen LogP contribution is 2.49. The monoisotopic (exact) mass is 575 g/mol. The Balaban J connectivity index is 1.34. The molecule has 0 spiro atoms. The maximum atomic E-state index is 5.28. The highest BCUT2D eigenvalue weighted by atomic mass is 15.0. The van der Waals surface area contributed by atoms with Crippen molar-refractivity contribution >= 4 is 32.3 Å². The lowest BCUT2D eigenvalue weighted by Gasteiger charge is -2.21. The normalized spacial score (nSPS) is 13.3. The summed E-state index contributed by atoms with van der Waals surface area (Å²) < 4.78 is 0. The zero-order chi connectivity index (χ0) is 30.1. The summed E-state index contributed by atoms with van der Waals surface area (Å²) in [5.74, 6) is 2.02. The maximum absolute atomic E-state index is 5.28.